The number of rotatable bonds is 1. The number of fused-ring (bicyclic) bond motifs is 1. The van der Waals surface area contributed by atoms with Crippen LogP contribution < -0.4 is 5.56 Å². The third kappa shape index (κ3) is 1.74. The number of hydrogen-bond donors (Lipinski definition) is 0. The summed E-state index contributed by atoms with van der Waals surface area (Å²) in [6, 6.07) is 8.05. The number of halogens is 2. The Balaban J connectivity index is 2.14. The molecule has 1 heterocycles. The van der Waals surface area contributed by atoms with Crippen molar-refractivity contribution in [3.8, 4) is 0 Å². The maximum absolute atomic E-state index is 12.1. The molecular formula is C13H10Cl2N2O. The Morgan fingerprint density at radius 1 is 1.28 bits per heavy atom. The van der Waals surface area contributed by atoms with E-state index in [1.54, 1.807) is 0 Å². The van der Waals surface area contributed by atoms with E-state index in [9.17, 15) is 4.79 Å². The molecule has 3 nitrogen and oxygen atoms in total. The molecule has 3 rings (SSSR count). The monoisotopic (exact) mass is 280 g/mol. The van der Waals surface area contributed by atoms with Crippen LogP contribution in [0, 0.1) is 0 Å². The summed E-state index contributed by atoms with van der Waals surface area (Å²) in [5, 5.41) is 4.34. The molecule has 1 unspecified atom stereocenters. The Labute approximate surface area is 114 Å². The number of aromatic nitrogens is 2. The van der Waals surface area contributed by atoms with Gasteiger partial charge in [-0.2, -0.15) is 5.10 Å². The van der Waals surface area contributed by atoms with E-state index in [1.807, 2.05) is 18.2 Å². The second-order valence-corrected chi connectivity index (χ2v) is 5.09. The summed E-state index contributed by atoms with van der Waals surface area (Å²) in [7, 11) is 0. The molecule has 1 aliphatic carbocycles. The van der Waals surface area contributed by atoms with E-state index in [1.165, 1.54) is 16.4 Å². The summed E-state index contributed by atoms with van der Waals surface area (Å²) in [6.07, 6.45) is 3.24. The molecular weight excluding hydrogens is 271 g/mol. The Hall–Kier alpha value is -1.32. The standard InChI is InChI=1S/C13H10Cl2N2O/c14-10-7-16-17(13(18)12(10)15)11-6-5-8-3-1-2-4-9(8)11/h1-4,7,11H,5-6H2. The fourth-order valence-electron chi connectivity index (χ4n) is 2.44. The lowest BCUT2D eigenvalue weighted by molar-refractivity contribution is 0.493. The summed E-state index contributed by atoms with van der Waals surface area (Å²) in [4.78, 5) is 12.1. The molecule has 0 spiro atoms. The molecule has 18 heavy (non-hydrogen) atoms. The highest BCUT2D eigenvalue weighted by molar-refractivity contribution is 6.41. The van der Waals surface area contributed by atoms with E-state index in [-0.39, 0.29) is 21.6 Å². The molecule has 0 fully saturated rings. The predicted octanol–water partition coefficient (Wildman–Crippen LogP) is 3.09. The van der Waals surface area contributed by atoms with Gasteiger partial charge in [0.05, 0.1) is 17.3 Å². The van der Waals surface area contributed by atoms with Crippen molar-refractivity contribution >= 4 is 23.2 Å². The minimum atomic E-state index is -0.328. The smallest absolute Gasteiger partial charge is 0.266 e. The molecule has 0 saturated carbocycles. The van der Waals surface area contributed by atoms with Crippen molar-refractivity contribution in [3.05, 3.63) is 62.0 Å². The number of aryl methyl sites for hydroxylation is 1. The van der Waals surface area contributed by atoms with Crippen LogP contribution in [0.4, 0.5) is 0 Å². The van der Waals surface area contributed by atoms with Gasteiger partial charge in [-0.25, -0.2) is 4.68 Å². The van der Waals surface area contributed by atoms with E-state index in [0.29, 0.717) is 0 Å². The molecule has 1 aliphatic rings. The highest BCUT2D eigenvalue weighted by atomic mass is 35.5. The second-order valence-electron chi connectivity index (χ2n) is 4.31. The first-order valence-electron chi connectivity index (χ1n) is 5.69. The topological polar surface area (TPSA) is 34.9 Å². The molecule has 0 aliphatic heterocycles. The van der Waals surface area contributed by atoms with Crippen LogP contribution in [0.3, 0.4) is 0 Å². The average Bonchev–Trinajstić information content (AvgIpc) is 2.80. The third-order valence-electron chi connectivity index (χ3n) is 3.30. The SMILES string of the molecule is O=c1c(Cl)c(Cl)cnn1C1CCc2ccccc21. The molecule has 0 saturated heterocycles. The van der Waals surface area contributed by atoms with Crippen LogP contribution in [0.25, 0.3) is 0 Å². The van der Waals surface area contributed by atoms with Gasteiger partial charge in [0.15, 0.2) is 0 Å². The fourth-order valence-corrected chi connectivity index (χ4v) is 2.70. The summed E-state index contributed by atoms with van der Waals surface area (Å²) < 4.78 is 1.43. The van der Waals surface area contributed by atoms with E-state index < -0.39 is 0 Å². The maximum Gasteiger partial charge on any atom is 0.287 e. The van der Waals surface area contributed by atoms with Gasteiger partial charge in [0.2, 0.25) is 0 Å². The van der Waals surface area contributed by atoms with Crippen LogP contribution in [0.2, 0.25) is 10.0 Å². The van der Waals surface area contributed by atoms with Crippen molar-refractivity contribution in [2.24, 2.45) is 0 Å². The minimum Gasteiger partial charge on any atom is -0.266 e. The molecule has 0 radical (unpaired) electrons. The fraction of sp³-hybridized carbons (Fsp3) is 0.231. The van der Waals surface area contributed by atoms with Gasteiger partial charge in [-0.1, -0.05) is 47.5 Å². The van der Waals surface area contributed by atoms with Gasteiger partial charge in [-0.05, 0) is 24.0 Å². The highest BCUT2D eigenvalue weighted by Gasteiger charge is 2.26. The van der Waals surface area contributed by atoms with Crippen LogP contribution in [0.1, 0.15) is 23.6 Å². The van der Waals surface area contributed by atoms with Gasteiger partial charge >= 0.3 is 0 Å². The summed E-state index contributed by atoms with van der Waals surface area (Å²) >= 11 is 11.7. The first kappa shape index (κ1) is 11.8. The molecule has 0 amide bonds. The van der Waals surface area contributed by atoms with Crippen molar-refractivity contribution in [3.63, 3.8) is 0 Å². The Morgan fingerprint density at radius 2 is 2.06 bits per heavy atom. The van der Waals surface area contributed by atoms with Crippen LogP contribution in [-0.4, -0.2) is 9.78 Å². The van der Waals surface area contributed by atoms with Crippen LogP contribution in [0.15, 0.2) is 35.3 Å². The lowest BCUT2D eigenvalue weighted by Crippen LogP contribution is -2.27. The third-order valence-corrected chi connectivity index (χ3v) is 4.05. The van der Waals surface area contributed by atoms with E-state index in [4.69, 9.17) is 23.2 Å². The molecule has 92 valence electrons. The Bertz CT molecular complexity index is 666. The molecule has 0 bridgehead atoms. The molecule has 1 aromatic carbocycles. The van der Waals surface area contributed by atoms with E-state index in [0.717, 1.165) is 18.4 Å². The largest absolute Gasteiger partial charge is 0.287 e. The molecule has 1 atom stereocenters. The zero-order valence-corrected chi connectivity index (χ0v) is 10.9. The number of benzene rings is 1. The van der Waals surface area contributed by atoms with Gasteiger partial charge < -0.3 is 0 Å². The second kappa shape index (κ2) is 4.41. The molecule has 2 aromatic rings. The summed E-state index contributed by atoms with van der Waals surface area (Å²) in [5.74, 6) is 0. The van der Waals surface area contributed by atoms with Crippen LogP contribution in [-0.2, 0) is 6.42 Å². The summed E-state index contributed by atoms with van der Waals surface area (Å²) in [5.41, 5.74) is 2.08. The molecule has 0 N–H and O–H groups in total. The zero-order valence-electron chi connectivity index (χ0n) is 9.44. The highest BCUT2D eigenvalue weighted by Crippen LogP contribution is 2.33. The Kier molecular flexibility index (Phi) is 2.88. The van der Waals surface area contributed by atoms with Gasteiger partial charge in [-0.3, -0.25) is 4.79 Å². The quantitative estimate of drug-likeness (QED) is 0.805. The lowest BCUT2D eigenvalue weighted by Gasteiger charge is -2.14. The van der Waals surface area contributed by atoms with Crippen molar-refractivity contribution in [2.75, 3.05) is 0 Å². The van der Waals surface area contributed by atoms with E-state index >= 15 is 0 Å². The lowest BCUT2D eigenvalue weighted by atomic mass is 10.1. The normalized spacial score (nSPS) is 17.8. The molecule has 5 heteroatoms. The van der Waals surface area contributed by atoms with Crippen LogP contribution in [0.5, 0.6) is 0 Å². The average molecular weight is 281 g/mol. The van der Waals surface area contributed by atoms with Crippen molar-refractivity contribution in [1.29, 1.82) is 0 Å². The first-order valence-corrected chi connectivity index (χ1v) is 6.44. The summed E-state index contributed by atoms with van der Waals surface area (Å²) in [6.45, 7) is 0. The number of nitrogens with zero attached hydrogens (tertiary/aromatic N) is 2. The zero-order chi connectivity index (χ0) is 12.7. The van der Waals surface area contributed by atoms with Crippen molar-refractivity contribution < 1.29 is 0 Å². The van der Waals surface area contributed by atoms with Crippen molar-refractivity contribution in [2.45, 2.75) is 18.9 Å². The van der Waals surface area contributed by atoms with Crippen LogP contribution >= 0.6 is 23.2 Å². The van der Waals surface area contributed by atoms with Gasteiger partial charge in [-0.15, -0.1) is 0 Å². The predicted molar refractivity (Wildman–Crippen MR) is 71.4 cm³/mol. The van der Waals surface area contributed by atoms with Gasteiger partial charge in [0, 0.05) is 0 Å². The van der Waals surface area contributed by atoms with Gasteiger partial charge in [0.25, 0.3) is 5.56 Å². The van der Waals surface area contributed by atoms with E-state index in [2.05, 4.69) is 11.2 Å². The van der Waals surface area contributed by atoms with Crippen molar-refractivity contribution in [1.82, 2.24) is 9.78 Å². The number of hydrogen-bond acceptors (Lipinski definition) is 2. The van der Waals surface area contributed by atoms with Gasteiger partial charge in [0.1, 0.15) is 5.02 Å². The Morgan fingerprint density at radius 3 is 2.89 bits per heavy atom. The molecule has 1 aromatic heterocycles. The first-order chi connectivity index (χ1) is 8.68. The minimum absolute atomic E-state index is 0.0380. The maximum atomic E-state index is 12.1.